The Morgan fingerprint density at radius 3 is 2.38 bits per heavy atom. The quantitative estimate of drug-likeness (QED) is 0.850. The van der Waals surface area contributed by atoms with Gasteiger partial charge in [0.15, 0.2) is 0 Å². The maximum atomic E-state index is 12.8. The molecule has 0 bridgehead atoms. The molecule has 1 saturated carbocycles. The molecular weight excluding hydrogens is 268 g/mol. The lowest BCUT2D eigenvalue weighted by Crippen LogP contribution is -2.66. The molecule has 1 saturated heterocycles. The van der Waals surface area contributed by atoms with Crippen molar-refractivity contribution in [1.29, 1.82) is 0 Å². The third-order valence-electron chi connectivity index (χ3n) is 4.48. The number of hydrogen-bond donors (Lipinski definition) is 1. The topological polar surface area (TPSA) is 66.5 Å². The van der Waals surface area contributed by atoms with E-state index in [4.69, 9.17) is 0 Å². The fourth-order valence-corrected chi connectivity index (χ4v) is 3.05. The first-order valence-electron chi connectivity index (χ1n) is 7.26. The zero-order chi connectivity index (χ0) is 15.2. The van der Waals surface area contributed by atoms with E-state index in [0.717, 1.165) is 16.9 Å². The van der Waals surface area contributed by atoms with Crippen LogP contribution >= 0.6 is 0 Å². The molecule has 1 aliphatic heterocycles. The summed E-state index contributed by atoms with van der Waals surface area (Å²) >= 11 is 0. The van der Waals surface area contributed by atoms with E-state index in [-0.39, 0.29) is 11.8 Å². The van der Waals surface area contributed by atoms with E-state index in [9.17, 15) is 14.4 Å². The molecule has 1 spiro atoms. The summed E-state index contributed by atoms with van der Waals surface area (Å²) in [6.07, 6.45) is 1.88. The number of urea groups is 1. The number of rotatable bonds is 2. The normalized spacial score (nSPS) is 20.7. The van der Waals surface area contributed by atoms with Crippen molar-refractivity contribution in [1.82, 2.24) is 5.32 Å². The highest BCUT2D eigenvalue weighted by molar-refractivity contribution is 6.30. The second-order valence-corrected chi connectivity index (χ2v) is 6.05. The Bertz CT molecular complexity index is 632. The number of anilines is 1. The number of nitrogens with zero attached hydrogens (tertiary/aromatic N) is 1. The molecule has 1 N–H and O–H groups in total. The van der Waals surface area contributed by atoms with Crippen LogP contribution in [-0.2, 0) is 9.59 Å². The fraction of sp³-hybridized carbons (Fsp3) is 0.438. The van der Waals surface area contributed by atoms with Gasteiger partial charge in [-0.15, -0.1) is 0 Å². The summed E-state index contributed by atoms with van der Waals surface area (Å²) in [7, 11) is 0. The molecule has 1 heterocycles. The summed E-state index contributed by atoms with van der Waals surface area (Å²) in [6.45, 7) is 4.02. The highest BCUT2D eigenvalue weighted by Crippen LogP contribution is 2.46. The van der Waals surface area contributed by atoms with Crippen LogP contribution in [0.5, 0.6) is 0 Å². The smallest absolute Gasteiger partial charge is 0.276 e. The average molecular weight is 286 g/mol. The van der Waals surface area contributed by atoms with E-state index in [0.29, 0.717) is 18.5 Å². The lowest BCUT2D eigenvalue weighted by Gasteiger charge is -2.44. The van der Waals surface area contributed by atoms with E-state index >= 15 is 0 Å². The second kappa shape index (κ2) is 4.69. The number of benzene rings is 1. The monoisotopic (exact) mass is 286 g/mol. The summed E-state index contributed by atoms with van der Waals surface area (Å²) in [5.74, 6) is -0.644. The predicted molar refractivity (Wildman–Crippen MR) is 77.8 cm³/mol. The van der Waals surface area contributed by atoms with Crippen molar-refractivity contribution < 1.29 is 14.4 Å². The molecule has 110 valence electrons. The number of carbonyl (C=O) groups excluding carboxylic acids is 3. The predicted octanol–water partition coefficient (Wildman–Crippen LogP) is 2.56. The first-order valence-corrected chi connectivity index (χ1v) is 7.26. The van der Waals surface area contributed by atoms with Crippen LogP contribution in [0.1, 0.15) is 44.6 Å². The maximum Gasteiger partial charge on any atom is 0.335 e. The van der Waals surface area contributed by atoms with Gasteiger partial charge < -0.3 is 0 Å². The van der Waals surface area contributed by atoms with Crippen molar-refractivity contribution in [3.8, 4) is 0 Å². The van der Waals surface area contributed by atoms with Gasteiger partial charge in [0.1, 0.15) is 5.41 Å². The third kappa shape index (κ3) is 1.87. The number of amides is 4. The van der Waals surface area contributed by atoms with E-state index in [2.05, 4.69) is 5.32 Å². The molecule has 0 atom stereocenters. The van der Waals surface area contributed by atoms with Crippen LogP contribution in [0.3, 0.4) is 0 Å². The Morgan fingerprint density at radius 2 is 1.81 bits per heavy atom. The van der Waals surface area contributed by atoms with Gasteiger partial charge in [-0.1, -0.05) is 38.5 Å². The Balaban J connectivity index is 2.07. The van der Waals surface area contributed by atoms with Gasteiger partial charge in [0.25, 0.3) is 5.91 Å². The molecule has 3 rings (SSSR count). The van der Waals surface area contributed by atoms with Crippen LogP contribution in [0.4, 0.5) is 10.5 Å². The molecule has 0 aromatic heterocycles. The number of para-hydroxylation sites is 1. The molecule has 1 aromatic carbocycles. The van der Waals surface area contributed by atoms with Crippen LogP contribution in [0.15, 0.2) is 24.3 Å². The summed E-state index contributed by atoms with van der Waals surface area (Å²) in [4.78, 5) is 38.1. The van der Waals surface area contributed by atoms with Crippen LogP contribution in [0.25, 0.3) is 0 Å². The van der Waals surface area contributed by atoms with Crippen molar-refractivity contribution in [3.63, 3.8) is 0 Å². The average Bonchev–Trinajstić information content (AvgIpc) is 2.37. The standard InChI is InChI=1S/C16H18N2O3/c1-10(2)11-6-3-4-7-12(11)18-14(20)16(8-5-9-16)13(19)17-15(18)21/h3-4,6-7,10H,5,8-9H2,1-2H3,(H,17,19,21). The molecule has 0 radical (unpaired) electrons. The molecule has 4 amide bonds. The van der Waals surface area contributed by atoms with E-state index < -0.39 is 17.4 Å². The molecule has 21 heavy (non-hydrogen) atoms. The minimum absolute atomic E-state index is 0.178. The highest BCUT2D eigenvalue weighted by atomic mass is 16.2. The first-order chi connectivity index (χ1) is 9.97. The zero-order valence-electron chi connectivity index (χ0n) is 12.2. The van der Waals surface area contributed by atoms with Gasteiger partial charge in [0.2, 0.25) is 5.91 Å². The lowest BCUT2D eigenvalue weighted by atomic mass is 9.66. The molecule has 1 aromatic rings. The van der Waals surface area contributed by atoms with Crippen molar-refractivity contribution >= 4 is 23.5 Å². The van der Waals surface area contributed by atoms with E-state index in [1.807, 2.05) is 26.0 Å². The van der Waals surface area contributed by atoms with Crippen LogP contribution < -0.4 is 10.2 Å². The summed E-state index contributed by atoms with van der Waals surface area (Å²) < 4.78 is 0. The molecule has 2 fully saturated rings. The van der Waals surface area contributed by atoms with Gasteiger partial charge in [-0.25, -0.2) is 9.69 Å². The Hall–Kier alpha value is -2.17. The number of carbonyl (C=O) groups is 3. The van der Waals surface area contributed by atoms with Gasteiger partial charge in [0, 0.05) is 0 Å². The molecule has 5 nitrogen and oxygen atoms in total. The number of nitrogens with one attached hydrogen (secondary N) is 1. The van der Waals surface area contributed by atoms with Gasteiger partial charge in [-0.3, -0.25) is 14.9 Å². The number of barbiturate groups is 1. The van der Waals surface area contributed by atoms with Crippen molar-refractivity contribution in [2.45, 2.75) is 39.0 Å². The second-order valence-electron chi connectivity index (χ2n) is 6.05. The first kappa shape index (κ1) is 13.8. The summed E-state index contributed by atoms with van der Waals surface area (Å²) in [5.41, 5.74) is 0.469. The van der Waals surface area contributed by atoms with E-state index in [1.54, 1.807) is 12.1 Å². The Labute approximate surface area is 123 Å². The van der Waals surface area contributed by atoms with E-state index in [1.165, 1.54) is 0 Å². The number of imide groups is 2. The van der Waals surface area contributed by atoms with Crippen molar-refractivity contribution in [2.24, 2.45) is 5.41 Å². The van der Waals surface area contributed by atoms with Crippen LogP contribution in [0.2, 0.25) is 0 Å². The van der Waals surface area contributed by atoms with Gasteiger partial charge in [-0.2, -0.15) is 0 Å². The third-order valence-corrected chi connectivity index (χ3v) is 4.48. The summed E-state index contributed by atoms with van der Waals surface area (Å²) in [6, 6.07) is 6.70. The largest absolute Gasteiger partial charge is 0.335 e. The SMILES string of the molecule is CC(C)c1ccccc1N1C(=O)NC(=O)C2(CCC2)C1=O. The van der Waals surface area contributed by atoms with Crippen LogP contribution in [0, 0.1) is 5.41 Å². The van der Waals surface area contributed by atoms with Gasteiger partial charge in [-0.05, 0) is 30.4 Å². The number of hydrogen-bond acceptors (Lipinski definition) is 3. The van der Waals surface area contributed by atoms with Crippen molar-refractivity contribution in [3.05, 3.63) is 29.8 Å². The molecule has 1 aliphatic carbocycles. The maximum absolute atomic E-state index is 12.8. The molecular formula is C16H18N2O3. The van der Waals surface area contributed by atoms with Gasteiger partial charge >= 0.3 is 6.03 Å². The Morgan fingerprint density at radius 1 is 1.14 bits per heavy atom. The molecule has 5 heteroatoms. The van der Waals surface area contributed by atoms with Crippen LogP contribution in [-0.4, -0.2) is 17.8 Å². The minimum Gasteiger partial charge on any atom is -0.276 e. The zero-order valence-corrected chi connectivity index (χ0v) is 12.2. The fourth-order valence-electron chi connectivity index (χ4n) is 3.05. The Kier molecular flexibility index (Phi) is 3.08. The molecule has 0 unspecified atom stereocenters. The molecule has 2 aliphatic rings. The van der Waals surface area contributed by atoms with Gasteiger partial charge in [0.05, 0.1) is 5.69 Å². The van der Waals surface area contributed by atoms with Crippen molar-refractivity contribution in [2.75, 3.05) is 4.90 Å². The minimum atomic E-state index is -1.03. The summed E-state index contributed by atoms with van der Waals surface area (Å²) in [5, 5.41) is 2.34. The highest BCUT2D eigenvalue weighted by Gasteiger charge is 2.57. The lowest BCUT2D eigenvalue weighted by molar-refractivity contribution is -0.148.